The smallest absolute Gasteiger partial charge is 0.407 e. The van der Waals surface area contributed by atoms with E-state index < -0.39 is 0 Å². The van der Waals surface area contributed by atoms with Gasteiger partial charge in [-0.1, -0.05) is 44.2 Å². The third-order valence-electron chi connectivity index (χ3n) is 3.12. The summed E-state index contributed by atoms with van der Waals surface area (Å²) in [6.45, 7) is 7.69. The highest BCUT2D eigenvalue weighted by Crippen LogP contribution is 2.10. The first kappa shape index (κ1) is 13.9. The van der Waals surface area contributed by atoms with Gasteiger partial charge in [0.1, 0.15) is 6.61 Å². The predicted octanol–water partition coefficient (Wildman–Crippen LogP) is 2.25. The van der Waals surface area contributed by atoms with Crippen LogP contribution in [-0.2, 0) is 11.3 Å². The summed E-state index contributed by atoms with van der Waals surface area (Å²) in [6, 6.07) is 9.95. The van der Waals surface area contributed by atoms with Crippen LogP contribution in [0.3, 0.4) is 0 Å². The van der Waals surface area contributed by atoms with E-state index in [1.165, 1.54) is 0 Å². The third kappa shape index (κ3) is 4.56. The molecule has 4 heteroatoms. The van der Waals surface area contributed by atoms with E-state index in [9.17, 15) is 4.79 Å². The highest BCUT2D eigenvalue weighted by molar-refractivity contribution is 5.67. The number of likely N-dealkylation sites (tertiary alicyclic amines) is 1. The van der Waals surface area contributed by atoms with Gasteiger partial charge in [0.2, 0.25) is 0 Å². The number of nitrogens with zero attached hydrogens (tertiary/aromatic N) is 1. The molecule has 0 saturated carbocycles. The Morgan fingerprint density at radius 2 is 2.05 bits per heavy atom. The van der Waals surface area contributed by atoms with Crippen LogP contribution in [0.5, 0.6) is 0 Å². The highest BCUT2D eigenvalue weighted by atomic mass is 16.5. The lowest BCUT2D eigenvalue weighted by molar-refractivity contribution is 0.0906. The van der Waals surface area contributed by atoms with Gasteiger partial charge in [-0.3, -0.25) is 4.90 Å². The van der Waals surface area contributed by atoms with E-state index in [1.807, 2.05) is 30.3 Å². The van der Waals surface area contributed by atoms with Gasteiger partial charge >= 0.3 is 6.09 Å². The van der Waals surface area contributed by atoms with E-state index in [0.717, 1.165) is 25.2 Å². The molecule has 1 aromatic carbocycles. The van der Waals surface area contributed by atoms with Crippen LogP contribution in [0.2, 0.25) is 0 Å². The maximum Gasteiger partial charge on any atom is 0.407 e. The molecule has 0 spiro atoms. The SMILES string of the molecule is CC(C)CN1CC(NC(=O)OCc2ccccc2)C1. The number of amides is 1. The second-order valence-corrected chi connectivity index (χ2v) is 5.52. The zero-order valence-electron chi connectivity index (χ0n) is 11.6. The fourth-order valence-electron chi connectivity index (χ4n) is 2.26. The Morgan fingerprint density at radius 3 is 2.68 bits per heavy atom. The maximum atomic E-state index is 11.6. The van der Waals surface area contributed by atoms with Gasteiger partial charge < -0.3 is 10.1 Å². The first-order chi connectivity index (χ1) is 9.13. The maximum absolute atomic E-state index is 11.6. The summed E-state index contributed by atoms with van der Waals surface area (Å²) >= 11 is 0. The van der Waals surface area contributed by atoms with Crippen LogP contribution in [0.1, 0.15) is 19.4 Å². The molecule has 0 bridgehead atoms. The largest absolute Gasteiger partial charge is 0.445 e. The van der Waals surface area contributed by atoms with Crippen LogP contribution in [0, 0.1) is 5.92 Å². The molecule has 0 aromatic heterocycles. The minimum Gasteiger partial charge on any atom is -0.445 e. The first-order valence-electron chi connectivity index (χ1n) is 6.83. The van der Waals surface area contributed by atoms with Crippen molar-refractivity contribution in [3.63, 3.8) is 0 Å². The molecule has 0 radical (unpaired) electrons. The van der Waals surface area contributed by atoms with Crippen molar-refractivity contribution in [2.75, 3.05) is 19.6 Å². The van der Waals surface area contributed by atoms with E-state index >= 15 is 0 Å². The molecule has 19 heavy (non-hydrogen) atoms. The standard InChI is InChI=1S/C15H22N2O2/c1-12(2)8-17-9-14(10-17)16-15(18)19-11-13-6-4-3-5-7-13/h3-7,12,14H,8-11H2,1-2H3,(H,16,18). The van der Waals surface area contributed by atoms with Crippen molar-refractivity contribution < 1.29 is 9.53 Å². The number of hydrogen-bond acceptors (Lipinski definition) is 3. The number of nitrogens with one attached hydrogen (secondary N) is 1. The highest BCUT2D eigenvalue weighted by Gasteiger charge is 2.28. The zero-order valence-corrected chi connectivity index (χ0v) is 11.6. The van der Waals surface area contributed by atoms with Gasteiger partial charge in [0, 0.05) is 19.6 Å². The number of benzene rings is 1. The fraction of sp³-hybridized carbons (Fsp3) is 0.533. The number of ether oxygens (including phenoxy) is 1. The number of alkyl carbamates (subject to hydrolysis) is 1. The Kier molecular flexibility index (Phi) is 4.80. The Labute approximate surface area is 114 Å². The van der Waals surface area contributed by atoms with Crippen molar-refractivity contribution in [1.29, 1.82) is 0 Å². The lowest BCUT2D eigenvalue weighted by Gasteiger charge is -2.40. The Hall–Kier alpha value is -1.55. The first-order valence-corrected chi connectivity index (χ1v) is 6.83. The zero-order chi connectivity index (χ0) is 13.7. The molecule has 1 saturated heterocycles. The Balaban J connectivity index is 1.61. The Bertz CT molecular complexity index is 400. The van der Waals surface area contributed by atoms with E-state index in [-0.39, 0.29) is 12.1 Å². The molecule has 104 valence electrons. The van der Waals surface area contributed by atoms with Crippen LogP contribution >= 0.6 is 0 Å². The summed E-state index contributed by atoms with van der Waals surface area (Å²) in [5.74, 6) is 0.672. The molecule has 1 N–H and O–H groups in total. The summed E-state index contributed by atoms with van der Waals surface area (Å²) in [5.41, 5.74) is 1.01. The van der Waals surface area contributed by atoms with E-state index in [0.29, 0.717) is 12.5 Å². The number of carbonyl (C=O) groups excluding carboxylic acids is 1. The molecular weight excluding hydrogens is 240 g/mol. The molecule has 1 aliphatic rings. The van der Waals surface area contributed by atoms with Crippen LogP contribution in [0.15, 0.2) is 30.3 Å². The van der Waals surface area contributed by atoms with Crippen molar-refractivity contribution in [1.82, 2.24) is 10.2 Å². The molecular formula is C15H22N2O2. The number of carbonyl (C=O) groups is 1. The van der Waals surface area contributed by atoms with Gasteiger partial charge in [-0.05, 0) is 11.5 Å². The van der Waals surface area contributed by atoms with Crippen molar-refractivity contribution in [3.8, 4) is 0 Å². The fourth-order valence-corrected chi connectivity index (χ4v) is 2.26. The quantitative estimate of drug-likeness (QED) is 0.885. The molecule has 0 atom stereocenters. The van der Waals surface area contributed by atoms with Gasteiger partial charge in [0.15, 0.2) is 0 Å². The number of hydrogen-bond donors (Lipinski definition) is 1. The molecule has 1 amide bonds. The van der Waals surface area contributed by atoms with E-state index in [4.69, 9.17) is 4.74 Å². The monoisotopic (exact) mass is 262 g/mol. The summed E-state index contributed by atoms with van der Waals surface area (Å²) in [5, 5.41) is 2.89. The molecule has 1 fully saturated rings. The van der Waals surface area contributed by atoms with Crippen LogP contribution < -0.4 is 5.32 Å². The normalized spacial score (nSPS) is 16.2. The van der Waals surface area contributed by atoms with Crippen molar-refractivity contribution in [2.45, 2.75) is 26.5 Å². The molecule has 2 rings (SSSR count). The van der Waals surface area contributed by atoms with Crippen LogP contribution in [-0.4, -0.2) is 36.7 Å². The summed E-state index contributed by atoms with van der Waals surface area (Å²) in [7, 11) is 0. The Morgan fingerprint density at radius 1 is 1.37 bits per heavy atom. The van der Waals surface area contributed by atoms with Gasteiger partial charge in [-0.2, -0.15) is 0 Å². The van der Waals surface area contributed by atoms with Crippen molar-refractivity contribution in [3.05, 3.63) is 35.9 Å². The minimum atomic E-state index is -0.321. The molecule has 0 unspecified atom stereocenters. The predicted molar refractivity (Wildman–Crippen MR) is 74.8 cm³/mol. The average molecular weight is 262 g/mol. The summed E-state index contributed by atoms with van der Waals surface area (Å²) < 4.78 is 5.18. The molecule has 0 aliphatic carbocycles. The third-order valence-corrected chi connectivity index (χ3v) is 3.12. The van der Waals surface area contributed by atoms with E-state index in [1.54, 1.807) is 0 Å². The van der Waals surface area contributed by atoms with Crippen LogP contribution in [0.4, 0.5) is 4.79 Å². The molecule has 1 heterocycles. The lowest BCUT2D eigenvalue weighted by Crippen LogP contribution is -2.59. The van der Waals surface area contributed by atoms with Gasteiger partial charge in [-0.15, -0.1) is 0 Å². The van der Waals surface area contributed by atoms with Crippen LogP contribution in [0.25, 0.3) is 0 Å². The summed E-state index contributed by atoms with van der Waals surface area (Å²) in [6.07, 6.45) is -0.321. The van der Waals surface area contributed by atoms with Gasteiger partial charge in [0.25, 0.3) is 0 Å². The molecule has 1 aromatic rings. The van der Waals surface area contributed by atoms with Gasteiger partial charge in [-0.25, -0.2) is 4.79 Å². The van der Waals surface area contributed by atoms with Gasteiger partial charge in [0.05, 0.1) is 6.04 Å². The minimum absolute atomic E-state index is 0.238. The number of rotatable bonds is 5. The van der Waals surface area contributed by atoms with Crippen molar-refractivity contribution >= 4 is 6.09 Å². The molecule has 4 nitrogen and oxygen atoms in total. The van der Waals surface area contributed by atoms with Crippen molar-refractivity contribution in [2.24, 2.45) is 5.92 Å². The second-order valence-electron chi connectivity index (χ2n) is 5.52. The topological polar surface area (TPSA) is 41.6 Å². The summed E-state index contributed by atoms with van der Waals surface area (Å²) in [4.78, 5) is 13.9. The lowest BCUT2D eigenvalue weighted by atomic mass is 10.1. The van der Waals surface area contributed by atoms with E-state index in [2.05, 4.69) is 24.1 Å². The molecule has 1 aliphatic heterocycles. The average Bonchev–Trinajstić information content (AvgIpc) is 2.34. The second kappa shape index (κ2) is 6.57.